The number of fused-ring (bicyclic) bond motifs is 1. The summed E-state index contributed by atoms with van der Waals surface area (Å²) < 4.78 is 1.60. The molecule has 27 heavy (non-hydrogen) atoms. The number of amides is 1. The summed E-state index contributed by atoms with van der Waals surface area (Å²) in [5.41, 5.74) is 3.64. The lowest BCUT2D eigenvalue weighted by Gasteiger charge is -2.06. The molecule has 0 saturated carbocycles. The van der Waals surface area contributed by atoms with E-state index in [4.69, 9.17) is 0 Å². The molecule has 0 radical (unpaired) electrons. The molecule has 0 saturated heterocycles. The van der Waals surface area contributed by atoms with Gasteiger partial charge in [0.2, 0.25) is 11.7 Å². The van der Waals surface area contributed by atoms with Crippen molar-refractivity contribution in [2.45, 2.75) is 13.5 Å². The Balaban J connectivity index is 1.71. The van der Waals surface area contributed by atoms with Gasteiger partial charge >= 0.3 is 0 Å². The van der Waals surface area contributed by atoms with Crippen LogP contribution >= 0.6 is 11.3 Å². The number of carbonyl (C=O) groups is 2. The van der Waals surface area contributed by atoms with Gasteiger partial charge in [-0.25, -0.2) is 9.50 Å². The third-order valence-corrected chi connectivity index (χ3v) is 4.99. The molecule has 0 aliphatic carbocycles. The summed E-state index contributed by atoms with van der Waals surface area (Å²) in [4.78, 5) is 29.2. The lowest BCUT2D eigenvalue weighted by atomic mass is 10.1. The molecule has 7 heteroatoms. The summed E-state index contributed by atoms with van der Waals surface area (Å²) in [6.07, 6.45) is 3.35. The molecule has 0 spiro atoms. The molecular formula is C20H16N4O2S. The summed E-state index contributed by atoms with van der Waals surface area (Å²) >= 11 is 1.40. The van der Waals surface area contributed by atoms with E-state index in [1.807, 2.05) is 41.8 Å². The Morgan fingerprint density at radius 3 is 2.85 bits per heavy atom. The first kappa shape index (κ1) is 17.1. The number of nitrogens with one attached hydrogen (secondary N) is 1. The molecule has 1 aromatic carbocycles. The zero-order chi connectivity index (χ0) is 18.8. The van der Waals surface area contributed by atoms with Gasteiger partial charge in [-0.15, -0.1) is 11.3 Å². The first-order chi connectivity index (χ1) is 13.1. The van der Waals surface area contributed by atoms with E-state index >= 15 is 0 Å². The van der Waals surface area contributed by atoms with Gasteiger partial charge in [0.25, 0.3) is 0 Å². The average molecular weight is 376 g/mol. The van der Waals surface area contributed by atoms with Crippen molar-refractivity contribution in [3.8, 4) is 11.3 Å². The van der Waals surface area contributed by atoms with E-state index in [1.165, 1.54) is 18.3 Å². The fraction of sp³-hybridized carbons (Fsp3) is 0.100. The number of nitrogens with zero attached hydrogens (tertiary/aromatic N) is 3. The van der Waals surface area contributed by atoms with E-state index in [2.05, 4.69) is 15.4 Å². The average Bonchev–Trinajstić information content (AvgIpc) is 3.35. The van der Waals surface area contributed by atoms with Crippen LogP contribution in [-0.2, 0) is 11.3 Å². The highest BCUT2D eigenvalue weighted by Crippen LogP contribution is 2.22. The van der Waals surface area contributed by atoms with Gasteiger partial charge in [-0.05, 0) is 29.1 Å². The standard InChI is InChI=1S/C20H16N4O2S/c1-13(25)21-11-14-4-2-5-15(10-14)17-7-8-24-20(23-17)16(12-22-24)19(26)18-6-3-9-27-18/h2-10,12H,11H2,1H3,(H,21,25). The summed E-state index contributed by atoms with van der Waals surface area (Å²) in [6.45, 7) is 1.95. The predicted octanol–water partition coefficient (Wildman–Crippen LogP) is 3.32. The zero-order valence-electron chi connectivity index (χ0n) is 14.5. The van der Waals surface area contributed by atoms with Crippen LogP contribution in [0.1, 0.15) is 27.7 Å². The molecule has 4 rings (SSSR count). The second-order valence-electron chi connectivity index (χ2n) is 6.06. The number of benzene rings is 1. The lowest BCUT2D eigenvalue weighted by Crippen LogP contribution is -2.18. The maximum atomic E-state index is 12.7. The molecule has 1 amide bonds. The maximum absolute atomic E-state index is 12.7. The quantitative estimate of drug-likeness (QED) is 0.542. The highest BCUT2D eigenvalue weighted by atomic mass is 32.1. The first-order valence-electron chi connectivity index (χ1n) is 8.38. The Labute approximate surface area is 159 Å². The molecule has 0 bridgehead atoms. The number of thiophene rings is 1. The van der Waals surface area contributed by atoms with Crippen molar-refractivity contribution >= 4 is 28.7 Å². The minimum Gasteiger partial charge on any atom is -0.352 e. The molecular weight excluding hydrogens is 360 g/mol. The third kappa shape index (κ3) is 3.50. The van der Waals surface area contributed by atoms with Crippen molar-refractivity contribution in [2.75, 3.05) is 0 Å². The number of hydrogen-bond donors (Lipinski definition) is 1. The van der Waals surface area contributed by atoms with Crippen LogP contribution in [0.25, 0.3) is 16.9 Å². The monoisotopic (exact) mass is 376 g/mol. The van der Waals surface area contributed by atoms with Gasteiger partial charge in [-0.1, -0.05) is 24.3 Å². The van der Waals surface area contributed by atoms with Crippen LogP contribution in [0.4, 0.5) is 0 Å². The van der Waals surface area contributed by atoms with E-state index in [0.717, 1.165) is 16.8 Å². The number of ketones is 1. The van der Waals surface area contributed by atoms with Crippen LogP contribution in [0.15, 0.2) is 60.2 Å². The molecule has 0 fully saturated rings. The normalized spacial score (nSPS) is 10.9. The molecule has 3 heterocycles. The Kier molecular flexibility index (Phi) is 4.52. The minimum atomic E-state index is -0.0796. The molecule has 0 aliphatic rings. The predicted molar refractivity (Wildman–Crippen MR) is 104 cm³/mol. The Bertz CT molecular complexity index is 1130. The van der Waals surface area contributed by atoms with Crippen LogP contribution in [0.3, 0.4) is 0 Å². The van der Waals surface area contributed by atoms with Crippen molar-refractivity contribution < 1.29 is 9.59 Å². The van der Waals surface area contributed by atoms with E-state index < -0.39 is 0 Å². The van der Waals surface area contributed by atoms with Crippen molar-refractivity contribution in [3.63, 3.8) is 0 Å². The second kappa shape index (κ2) is 7.13. The van der Waals surface area contributed by atoms with Gasteiger partial charge in [0.1, 0.15) is 0 Å². The lowest BCUT2D eigenvalue weighted by molar-refractivity contribution is -0.119. The Morgan fingerprint density at radius 2 is 2.07 bits per heavy atom. The van der Waals surface area contributed by atoms with Gasteiger partial charge in [0.05, 0.1) is 22.3 Å². The third-order valence-electron chi connectivity index (χ3n) is 4.12. The maximum Gasteiger partial charge on any atom is 0.217 e. The summed E-state index contributed by atoms with van der Waals surface area (Å²) in [5.74, 6) is -0.153. The molecule has 0 aliphatic heterocycles. The minimum absolute atomic E-state index is 0.0732. The zero-order valence-corrected chi connectivity index (χ0v) is 15.4. The van der Waals surface area contributed by atoms with E-state index in [9.17, 15) is 9.59 Å². The van der Waals surface area contributed by atoms with Crippen LogP contribution in [0.5, 0.6) is 0 Å². The van der Waals surface area contributed by atoms with E-state index in [1.54, 1.807) is 23.0 Å². The van der Waals surface area contributed by atoms with Gasteiger partial charge in [0, 0.05) is 25.2 Å². The number of rotatable bonds is 5. The fourth-order valence-electron chi connectivity index (χ4n) is 2.80. The summed E-state index contributed by atoms with van der Waals surface area (Å²) in [5, 5.41) is 8.90. The molecule has 6 nitrogen and oxygen atoms in total. The molecule has 134 valence electrons. The van der Waals surface area contributed by atoms with E-state index in [-0.39, 0.29) is 11.7 Å². The van der Waals surface area contributed by atoms with Gasteiger partial charge in [-0.2, -0.15) is 5.10 Å². The molecule has 0 atom stereocenters. The van der Waals surface area contributed by atoms with Crippen molar-refractivity contribution in [3.05, 3.63) is 76.2 Å². The fourth-order valence-corrected chi connectivity index (χ4v) is 3.48. The van der Waals surface area contributed by atoms with Crippen molar-refractivity contribution in [2.24, 2.45) is 0 Å². The summed E-state index contributed by atoms with van der Waals surface area (Å²) in [6, 6.07) is 13.3. The highest BCUT2D eigenvalue weighted by molar-refractivity contribution is 7.12. The SMILES string of the molecule is CC(=O)NCc1cccc(-c2ccn3ncc(C(=O)c4cccs4)c3n2)c1. The van der Waals surface area contributed by atoms with Gasteiger partial charge in [-0.3, -0.25) is 9.59 Å². The first-order valence-corrected chi connectivity index (χ1v) is 9.26. The molecule has 1 N–H and O–H groups in total. The largest absolute Gasteiger partial charge is 0.352 e. The van der Waals surface area contributed by atoms with Gasteiger partial charge < -0.3 is 5.32 Å². The Hall–Kier alpha value is -3.32. The van der Waals surface area contributed by atoms with Crippen molar-refractivity contribution in [1.82, 2.24) is 19.9 Å². The number of hydrogen-bond acceptors (Lipinski definition) is 5. The highest BCUT2D eigenvalue weighted by Gasteiger charge is 2.17. The number of aromatic nitrogens is 3. The molecule has 4 aromatic rings. The van der Waals surface area contributed by atoms with Crippen LogP contribution in [0.2, 0.25) is 0 Å². The molecule has 3 aromatic heterocycles. The van der Waals surface area contributed by atoms with Crippen molar-refractivity contribution in [1.29, 1.82) is 0 Å². The van der Waals surface area contributed by atoms with Crippen LogP contribution in [-0.4, -0.2) is 26.3 Å². The smallest absolute Gasteiger partial charge is 0.217 e. The Morgan fingerprint density at radius 1 is 1.19 bits per heavy atom. The van der Waals surface area contributed by atoms with E-state index in [0.29, 0.717) is 22.6 Å². The second-order valence-corrected chi connectivity index (χ2v) is 7.00. The topological polar surface area (TPSA) is 76.4 Å². The van der Waals surface area contributed by atoms with Crippen LogP contribution in [0, 0.1) is 0 Å². The molecule has 0 unspecified atom stereocenters. The number of carbonyl (C=O) groups excluding carboxylic acids is 2. The van der Waals surface area contributed by atoms with Gasteiger partial charge in [0.15, 0.2) is 5.65 Å². The van der Waals surface area contributed by atoms with Crippen LogP contribution < -0.4 is 5.32 Å². The summed E-state index contributed by atoms with van der Waals surface area (Å²) in [7, 11) is 0.